The van der Waals surface area contributed by atoms with Crippen LogP contribution in [0.2, 0.25) is 10.0 Å². The van der Waals surface area contributed by atoms with Gasteiger partial charge in [0, 0.05) is 17.6 Å². The molecule has 1 aromatic carbocycles. The highest BCUT2D eigenvalue weighted by Gasteiger charge is 2.23. The summed E-state index contributed by atoms with van der Waals surface area (Å²) in [6.07, 6.45) is -0.643. The van der Waals surface area contributed by atoms with E-state index in [1.54, 1.807) is 0 Å². The Morgan fingerprint density at radius 2 is 2.04 bits per heavy atom. The molecule has 3 rings (SSSR count). The maximum Gasteiger partial charge on any atom is 0.272 e. The zero-order valence-corrected chi connectivity index (χ0v) is 15.5. The molecule has 0 unspecified atom stereocenters. The van der Waals surface area contributed by atoms with Gasteiger partial charge in [-0.1, -0.05) is 23.2 Å². The molecule has 2 N–H and O–H groups in total. The fourth-order valence-electron chi connectivity index (χ4n) is 2.25. The van der Waals surface area contributed by atoms with Gasteiger partial charge in [0.15, 0.2) is 11.6 Å². The van der Waals surface area contributed by atoms with Gasteiger partial charge in [-0.05, 0) is 12.1 Å². The van der Waals surface area contributed by atoms with Gasteiger partial charge in [0.2, 0.25) is 0 Å². The van der Waals surface area contributed by atoms with Gasteiger partial charge in [-0.3, -0.25) is 4.72 Å². The van der Waals surface area contributed by atoms with Gasteiger partial charge < -0.3 is 9.72 Å². The van der Waals surface area contributed by atoms with Crippen LogP contribution in [0.3, 0.4) is 0 Å². The molecule has 3 aromatic rings. The first-order valence-electron chi connectivity index (χ1n) is 7.23. The van der Waals surface area contributed by atoms with Gasteiger partial charge in [-0.25, -0.2) is 26.6 Å². The van der Waals surface area contributed by atoms with Crippen molar-refractivity contribution in [1.29, 1.82) is 0 Å². The van der Waals surface area contributed by atoms with E-state index in [0.29, 0.717) is 5.52 Å². The van der Waals surface area contributed by atoms with Crippen molar-refractivity contribution < 1.29 is 26.3 Å². The number of fused-ring (bicyclic) bond motifs is 1. The molecular weight excluding hydrogens is 430 g/mol. The van der Waals surface area contributed by atoms with E-state index in [1.807, 2.05) is 4.72 Å². The lowest BCUT2D eigenvalue weighted by molar-refractivity contribution is 0.0815. The van der Waals surface area contributed by atoms with Crippen molar-refractivity contribution in [3.63, 3.8) is 0 Å². The number of anilines is 1. The Balaban J connectivity index is 1.90. The van der Waals surface area contributed by atoms with E-state index in [2.05, 4.69) is 14.7 Å². The summed E-state index contributed by atoms with van der Waals surface area (Å²) < 4.78 is 70.1. The molecule has 27 heavy (non-hydrogen) atoms. The first-order chi connectivity index (χ1) is 12.7. The number of nitrogens with one attached hydrogen (secondary N) is 2. The number of benzene rings is 1. The van der Waals surface area contributed by atoms with Gasteiger partial charge >= 0.3 is 0 Å². The van der Waals surface area contributed by atoms with Crippen LogP contribution in [-0.2, 0) is 10.0 Å². The first kappa shape index (κ1) is 19.6. The highest BCUT2D eigenvalue weighted by molar-refractivity contribution is 7.93. The molecule has 0 fully saturated rings. The molecule has 0 aliphatic carbocycles. The van der Waals surface area contributed by atoms with Gasteiger partial charge in [0.25, 0.3) is 16.4 Å². The lowest BCUT2D eigenvalue weighted by atomic mass is 10.2. The van der Waals surface area contributed by atoms with Gasteiger partial charge in [0.1, 0.15) is 17.3 Å². The molecule has 0 amide bonds. The molecule has 0 saturated carbocycles. The Bertz CT molecular complexity index is 1110. The third-order valence-corrected chi connectivity index (χ3v) is 5.60. The second-order valence-electron chi connectivity index (χ2n) is 5.25. The standard InChI is InChI=1S/C15H10Cl2F3N3O3S/c16-9-2-1-8-11(5-21-14(8)13(9)17)27(24,25)23-15-10(18)3-7(4-22-15)26-6-12(19)20/h1-5,12,21H,6H2,(H,22,23). The summed E-state index contributed by atoms with van der Waals surface area (Å²) in [5.41, 5.74) is 0.300. The lowest BCUT2D eigenvalue weighted by Gasteiger charge is -2.09. The van der Waals surface area contributed by atoms with Crippen LogP contribution in [0.15, 0.2) is 35.5 Å². The number of rotatable bonds is 6. The van der Waals surface area contributed by atoms with Crippen molar-refractivity contribution >= 4 is 49.9 Å². The van der Waals surface area contributed by atoms with Crippen LogP contribution >= 0.6 is 23.2 Å². The Hall–Kier alpha value is -2.17. The zero-order chi connectivity index (χ0) is 19.8. The molecule has 0 radical (unpaired) electrons. The normalized spacial score (nSPS) is 11.9. The quantitative estimate of drug-likeness (QED) is 0.593. The minimum absolute atomic E-state index is 0.139. The molecular formula is C15H10Cl2F3N3O3S. The van der Waals surface area contributed by atoms with E-state index in [0.717, 1.165) is 12.3 Å². The molecule has 144 valence electrons. The predicted molar refractivity (Wildman–Crippen MR) is 94.8 cm³/mol. The van der Waals surface area contributed by atoms with E-state index >= 15 is 0 Å². The number of pyridine rings is 1. The van der Waals surface area contributed by atoms with E-state index < -0.39 is 34.7 Å². The van der Waals surface area contributed by atoms with Crippen LogP contribution in [0.4, 0.5) is 19.0 Å². The van der Waals surface area contributed by atoms with Gasteiger partial charge in [0.05, 0.1) is 21.8 Å². The molecule has 6 nitrogen and oxygen atoms in total. The third kappa shape index (κ3) is 4.07. The highest BCUT2D eigenvalue weighted by Crippen LogP contribution is 2.34. The Labute approximate surface area is 161 Å². The van der Waals surface area contributed by atoms with Crippen LogP contribution in [0.25, 0.3) is 10.9 Å². The SMILES string of the molecule is O=S(=O)(Nc1ncc(OCC(F)F)cc1F)c1c[nH]c2c(Cl)c(Cl)ccc12. The predicted octanol–water partition coefficient (Wildman–Crippen LogP) is 4.45. The number of H-pyrrole nitrogens is 1. The monoisotopic (exact) mass is 439 g/mol. The molecule has 12 heteroatoms. The molecule has 2 aromatic heterocycles. The number of aromatic nitrogens is 2. The third-order valence-electron chi connectivity index (χ3n) is 3.42. The summed E-state index contributed by atoms with van der Waals surface area (Å²) in [6, 6.07) is 3.62. The van der Waals surface area contributed by atoms with Gasteiger partial charge in [-0.15, -0.1) is 0 Å². The number of hydrogen-bond donors (Lipinski definition) is 2. The fraction of sp³-hybridized carbons (Fsp3) is 0.133. The second-order valence-corrected chi connectivity index (χ2v) is 7.68. The molecule has 0 saturated heterocycles. The molecule has 0 aliphatic rings. The van der Waals surface area contributed by atoms with E-state index in [1.165, 1.54) is 18.3 Å². The van der Waals surface area contributed by atoms with E-state index in [9.17, 15) is 21.6 Å². The highest BCUT2D eigenvalue weighted by atomic mass is 35.5. The maximum absolute atomic E-state index is 14.1. The van der Waals surface area contributed by atoms with Crippen LogP contribution in [-0.4, -0.2) is 31.4 Å². The molecule has 0 spiro atoms. The van der Waals surface area contributed by atoms with Gasteiger partial charge in [-0.2, -0.15) is 0 Å². The lowest BCUT2D eigenvalue weighted by Crippen LogP contribution is -2.15. The van der Waals surface area contributed by atoms with Crippen molar-refractivity contribution in [2.24, 2.45) is 0 Å². The van der Waals surface area contributed by atoms with Crippen LogP contribution < -0.4 is 9.46 Å². The fourth-order valence-corrected chi connectivity index (χ4v) is 3.82. The van der Waals surface area contributed by atoms with Crippen LogP contribution in [0.5, 0.6) is 5.75 Å². The molecule has 0 atom stereocenters. The average molecular weight is 440 g/mol. The minimum Gasteiger partial charge on any atom is -0.486 e. The number of ether oxygens (including phenoxy) is 1. The zero-order valence-electron chi connectivity index (χ0n) is 13.1. The van der Waals surface area contributed by atoms with E-state index in [4.69, 9.17) is 23.2 Å². The van der Waals surface area contributed by atoms with Crippen molar-refractivity contribution in [3.8, 4) is 5.75 Å². The number of alkyl halides is 2. The number of sulfonamides is 1. The molecule has 0 aliphatic heterocycles. The molecule has 2 heterocycles. The summed E-state index contributed by atoms with van der Waals surface area (Å²) in [5.74, 6) is -1.97. The maximum atomic E-state index is 14.1. The van der Waals surface area contributed by atoms with E-state index in [-0.39, 0.29) is 26.1 Å². The average Bonchev–Trinajstić information content (AvgIpc) is 3.04. The van der Waals surface area contributed by atoms with Crippen LogP contribution in [0.1, 0.15) is 0 Å². The number of nitrogens with zero attached hydrogens (tertiary/aromatic N) is 1. The van der Waals surface area contributed by atoms with Crippen molar-refractivity contribution in [3.05, 3.63) is 46.5 Å². The first-order valence-corrected chi connectivity index (χ1v) is 9.47. The minimum atomic E-state index is -4.23. The smallest absolute Gasteiger partial charge is 0.272 e. The largest absolute Gasteiger partial charge is 0.486 e. The number of hydrogen-bond acceptors (Lipinski definition) is 4. The Morgan fingerprint density at radius 1 is 1.30 bits per heavy atom. The summed E-state index contributed by atoms with van der Waals surface area (Å²) in [4.78, 5) is 6.07. The topological polar surface area (TPSA) is 84.1 Å². The van der Waals surface area contributed by atoms with Crippen LogP contribution in [0, 0.1) is 5.82 Å². The van der Waals surface area contributed by atoms with Crippen molar-refractivity contribution in [2.45, 2.75) is 11.3 Å². The second kappa shape index (κ2) is 7.45. The summed E-state index contributed by atoms with van der Waals surface area (Å²) in [6.45, 7) is -0.940. The number of aromatic amines is 1. The van der Waals surface area contributed by atoms with Crippen molar-refractivity contribution in [2.75, 3.05) is 11.3 Å². The number of halogens is 5. The summed E-state index contributed by atoms with van der Waals surface area (Å²) in [7, 11) is -4.23. The summed E-state index contributed by atoms with van der Waals surface area (Å²) >= 11 is 11.9. The molecule has 0 bridgehead atoms. The Morgan fingerprint density at radius 3 is 2.70 bits per heavy atom. The van der Waals surface area contributed by atoms with Crippen molar-refractivity contribution in [1.82, 2.24) is 9.97 Å². The Kier molecular flexibility index (Phi) is 5.41. The summed E-state index contributed by atoms with van der Waals surface area (Å²) in [5, 5.41) is 0.615.